The van der Waals surface area contributed by atoms with Crippen LogP contribution in [0.2, 0.25) is 0 Å². The number of rotatable bonds is 5. The van der Waals surface area contributed by atoms with Crippen molar-refractivity contribution in [3.63, 3.8) is 0 Å². The lowest BCUT2D eigenvalue weighted by molar-refractivity contribution is -0.119. The quantitative estimate of drug-likeness (QED) is 0.737. The number of anilines is 1. The molecule has 134 valence electrons. The Kier molecular flexibility index (Phi) is 5.13. The number of thioether (sulfide) groups is 1. The van der Waals surface area contributed by atoms with E-state index in [0.29, 0.717) is 27.5 Å². The van der Waals surface area contributed by atoms with E-state index in [-0.39, 0.29) is 11.2 Å². The van der Waals surface area contributed by atoms with Crippen LogP contribution in [0.5, 0.6) is 5.75 Å². The Balaban J connectivity index is 2.06. The van der Waals surface area contributed by atoms with Crippen LogP contribution in [0.15, 0.2) is 53.4 Å². The molecule has 2 aromatic rings. The molecule has 2 aromatic carbocycles. The zero-order valence-corrected chi connectivity index (χ0v) is 15.5. The summed E-state index contributed by atoms with van der Waals surface area (Å²) in [6.07, 6.45) is 0. The fourth-order valence-corrected chi connectivity index (χ4v) is 3.68. The highest BCUT2D eigenvalue weighted by molar-refractivity contribution is 8.04. The number of halogens is 1. The third kappa shape index (κ3) is 3.37. The van der Waals surface area contributed by atoms with Crippen LogP contribution in [0, 0.1) is 5.82 Å². The Morgan fingerprint density at radius 2 is 1.58 bits per heavy atom. The van der Waals surface area contributed by atoms with E-state index in [2.05, 4.69) is 0 Å². The fraction of sp³-hybridized carbons (Fsp3) is 0.200. The van der Waals surface area contributed by atoms with Gasteiger partial charge in [0.05, 0.1) is 23.3 Å². The van der Waals surface area contributed by atoms with E-state index in [1.807, 2.05) is 13.8 Å². The predicted octanol–water partition coefficient (Wildman–Crippen LogP) is 4.26. The second-order valence-corrected chi connectivity index (χ2v) is 7.61. The molecule has 0 atom stereocenters. The molecule has 6 heteroatoms. The van der Waals surface area contributed by atoms with Crippen molar-refractivity contribution in [3.8, 4) is 5.75 Å². The van der Waals surface area contributed by atoms with Gasteiger partial charge < -0.3 is 4.74 Å². The van der Waals surface area contributed by atoms with Gasteiger partial charge in [-0.2, -0.15) is 0 Å². The smallest absolute Gasteiger partial charge is 0.272 e. The van der Waals surface area contributed by atoms with Crippen molar-refractivity contribution < 1.29 is 18.7 Å². The average molecular weight is 371 g/mol. The Bertz CT molecular complexity index is 873. The highest BCUT2D eigenvalue weighted by Crippen LogP contribution is 2.40. The number of nitrogens with zero attached hydrogens (tertiary/aromatic N) is 1. The van der Waals surface area contributed by atoms with Gasteiger partial charge in [0.25, 0.3) is 11.8 Å². The maximum Gasteiger partial charge on any atom is 0.272 e. The topological polar surface area (TPSA) is 46.6 Å². The van der Waals surface area contributed by atoms with Crippen LogP contribution in [0.3, 0.4) is 0 Å². The summed E-state index contributed by atoms with van der Waals surface area (Å²) in [5, 5.41) is 0.119. The number of imide groups is 1. The van der Waals surface area contributed by atoms with E-state index in [9.17, 15) is 14.0 Å². The van der Waals surface area contributed by atoms with Gasteiger partial charge in [0.15, 0.2) is 0 Å². The molecule has 0 fully saturated rings. The van der Waals surface area contributed by atoms with Crippen molar-refractivity contribution >= 4 is 34.8 Å². The van der Waals surface area contributed by atoms with Crippen LogP contribution in [0.1, 0.15) is 19.4 Å². The lowest BCUT2D eigenvalue weighted by atomic mass is 10.1. The molecule has 0 unspecified atom stereocenters. The molecule has 3 rings (SSSR count). The summed E-state index contributed by atoms with van der Waals surface area (Å²) in [7, 11) is 1.55. The third-order valence-electron chi connectivity index (χ3n) is 3.86. The van der Waals surface area contributed by atoms with Gasteiger partial charge in [0.1, 0.15) is 11.6 Å². The summed E-state index contributed by atoms with van der Waals surface area (Å²) in [6, 6.07) is 12.3. The number of amides is 2. The molecule has 2 amide bonds. The molecular weight excluding hydrogens is 353 g/mol. The average Bonchev–Trinajstić information content (AvgIpc) is 2.86. The Morgan fingerprint density at radius 3 is 2.12 bits per heavy atom. The van der Waals surface area contributed by atoms with E-state index in [1.165, 1.54) is 36.0 Å². The number of ether oxygens (including phenoxy) is 1. The maximum absolute atomic E-state index is 13.3. The van der Waals surface area contributed by atoms with Crippen molar-refractivity contribution in [1.29, 1.82) is 0 Å². The summed E-state index contributed by atoms with van der Waals surface area (Å²) >= 11 is 1.34. The van der Waals surface area contributed by atoms with Crippen LogP contribution in [0.25, 0.3) is 5.57 Å². The lowest BCUT2D eigenvalue weighted by Crippen LogP contribution is -2.31. The van der Waals surface area contributed by atoms with Crippen molar-refractivity contribution in [2.45, 2.75) is 19.1 Å². The molecule has 0 N–H and O–H groups in total. The highest BCUT2D eigenvalue weighted by atomic mass is 32.2. The number of hydrogen-bond acceptors (Lipinski definition) is 4. The van der Waals surface area contributed by atoms with Crippen LogP contribution in [-0.4, -0.2) is 24.2 Å². The van der Waals surface area contributed by atoms with Crippen LogP contribution < -0.4 is 9.64 Å². The zero-order valence-electron chi connectivity index (χ0n) is 14.7. The summed E-state index contributed by atoms with van der Waals surface area (Å²) in [6.45, 7) is 3.90. The monoisotopic (exact) mass is 371 g/mol. The van der Waals surface area contributed by atoms with Gasteiger partial charge in [0.2, 0.25) is 0 Å². The Labute approximate surface area is 155 Å². The normalized spacial score (nSPS) is 14.6. The van der Waals surface area contributed by atoms with E-state index in [0.717, 1.165) is 4.90 Å². The van der Waals surface area contributed by atoms with Crippen LogP contribution in [0.4, 0.5) is 10.1 Å². The summed E-state index contributed by atoms with van der Waals surface area (Å²) < 4.78 is 18.4. The van der Waals surface area contributed by atoms with Crippen molar-refractivity contribution in [2.24, 2.45) is 0 Å². The molecule has 4 nitrogen and oxygen atoms in total. The summed E-state index contributed by atoms with van der Waals surface area (Å²) in [5.74, 6) is -0.527. The minimum atomic E-state index is -0.407. The zero-order chi connectivity index (χ0) is 18.8. The van der Waals surface area contributed by atoms with Crippen molar-refractivity contribution in [3.05, 3.63) is 64.8 Å². The predicted molar refractivity (Wildman–Crippen MR) is 102 cm³/mol. The molecule has 0 saturated heterocycles. The van der Waals surface area contributed by atoms with E-state index in [1.54, 1.807) is 31.4 Å². The van der Waals surface area contributed by atoms with Gasteiger partial charge in [-0.15, -0.1) is 11.8 Å². The van der Waals surface area contributed by atoms with Gasteiger partial charge >= 0.3 is 0 Å². The summed E-state index contributed by atoms with van der Waals surface area (Å²) in [4.78, 5) is 27.6. The van der Waals surface area contributed by atoms with E-state index >= 15 is 0 Å². The number of carbonyl (C=O) groups is 2. The van der Waals surface area contributed by atoms with Gasteiger partial charge in [0, 0.05) is 5.25 Å². The molecule has 0 bridgehead atoms. The minimum Gasteiger partial charge on any atom is -0.497 e. The van der Waals surface area contributed by atoms with Crippen molar-refractivity contribution in [2.75, 3.05) is 12.0 Å². The molecule has 0 saturated carbocycles. The SMILES string of the molecule is COc1ccc(N2C(=O)C(SC(C)C)=C(c3ccc(F)cc3)C2=O)cc1. The number of methoxy groups -OCH3 is 1. The largest absolute Gasteiger partial charge is 0.497 e. The number of carbonyl (C=O) groups excluding carboxylic acids is 2. The highest BCUT2D eigenvalue weighted by Gasteiger charge is 2.40. The third-order valence-corrected chi connectivity index (χ3v) is 4.94. The molecule has 1 aliphatic heterocycles. The maximum atomic E-state index is 13.3. The first-order valence-electron chi connectivity index (χ1n) is 8.12. The molecule has 0 aromatic heterocycles. The van der Waals surface area contributed by atoms with E-state index in [4.69, 9.17) is 4.74 Å². The summed E-state index contributed by atoms with van der Waals surface area (Å²) in [5.41, 5.74) is 1.31. The van der Waals surface area contributed by atoms with Crippen LogP contribution >= 0.6 is 11.8 Å². The lowest BCUT2D eigenvalue weighted by Gasteiger charge is -2.15. The second-order valence-electron chi connectivity index (χ2n) is 6.02. The molecule has 1 aliphatic rings. The van der Waals surface area contributed by atoms with Crippen molar-refractivity contribution in [1.82, 2.24) is 0 Å². The van der Waals surface area contributed by atoms with Crippen LogP contribution in [-0.2, 0) is 9.59 Å². The second kappa shape index (κ2) is 7.33. The van der Waals surface area contributed by atoms with Gasteiger partial charge in [-0.3, -0.25) is 9.59 Å². The molecular formula is C20H18FNO3S. The molecule has 1 heterocycles. The molecule has 0 spiro atoms. The van der Waals surface area contributed by atoms with Gasteiger partial charge in [-0.05, 0) is 42.0 Å². The molecule has 26 heavy (non-hydrogen) atoms. The Morgan fingerprint density at radius 1 is 0.962 bits per heavy atom. The first-order valence-corrected chi connectivity index (χ1v) is 9.00. The van der Waals surface area contributed by atoms with E-state index < -0.39 is 11.7 Å². The number of hydrogen-bond donors (Lipinski definition) is 0. The molecule has 0 aliphatic carbocycles. The number of benzene rings is 2. The minimum absolute atomic E-state index is 0.119. The first kappa shape index (κ1) is 18.2. The first-order chi connectivity index (χ1) is 12.4. The molecule has 0 radical (unpaired) electrons. The standard InChI is InChI=1S/C20H18FNO3S/c1-12(2)26-18-17(13-4-6-14(21)7-5-13)19(23)22(20(18)24)15-8-10-16(25-3)11-9-15/h4-12H,1-3H3. The van der Waals surface area contributed by atoms with Gasteiger partial charge in [-0.25, -0.2) is 9.29 Å². The Hall–Kier alpha value is -2.60. The van der Waals surface area contributed by atoms with Gasteiger partial charge in [-0.1, -0.05) is 26.0 Å². The fourth-order valence-electron chi connectivity index (χ4n) is 2.69.